The van der Waals surface area contributed by atoms with Crippen molar-refractivity contribution in [3.63, 3.8) is 0 Å². The van der Waals surface area contributed by atoms with Crippen LogP contribution in [-0.4, -0.2) is 16.6 Å². The molecule has 1 fully saturated rings. The molecule has 0 N–H and O–H groups in total. The third-order valence-electron chi connectivity index (χ3n) is 3.92. The number of nitrogens with zero attached hydrogens (tertiary/aromatic N) is 3. The molecule has 21 heavy (non-hydrogen) atoms. The first-order chi connectivity index (χ1) is 9.95. The topological polar surface area (TPSA) is 45.6 Å². The summed E-state index contributed by atoms with van der Waals surface area (Å²) in [5, 5.41) is 5.39. The minimum Gasteiger partial charge on any atom is -0.272 e. The highest BCUT2D eigenvalue weighted by molar-refractivity contribution is 6.13. The molecule has 3 rings (SSSR count). The Morgan fingerprint density at radius 3 is 2.48 bits per heavy atom. The molecule has 1 aromatic heterocycles. The van der Waals surface area contributed by atoms with Gasteiger partial charge in [-0.3, -0.25) is 4.79 Å². The van der Waals surface area contributed by atoms with Crippen LogP contribution < -0.4 is 5.01 Å². The summed E-state index contributed by atoms with van der Waals surface area (Å²) in [6.07, 6.45) is 0.867. The van der Waals surface area contributed by atoms with Gasteiger partial charge in [0.05, 0.1) is 17.7 Å². The predicted octanol–water partition coefficient (Wildman–Crippen LogP) is 3.38. The third-order valence-corrected chi connectivity index (χ3v) is 3.92. The molecule has 0 aromatic carbocycles. The molecule has 0 saturated heterocycles. The highest BCUT2D eigenvalue weighted by Crippen LogP contribution is 2.32. The molecule has 1 aliphatic heterocycles. The molecule has 1 aliphatic carbocycles. The average molecular weight is 297 g/mol. The Bertz CT molecular complexity index is 574. The summed E-state index contributed by atoms with van der Waals surface area (Å²) in [4.78, 5) is 15.7. The highest BCUT2D eigenvalue weighted by Gasteiger charge is 2.34. The molecule has 0 spiro atoms. The molecule has 4 nitrogen and oxygen atoms in total. The van der Waals surface area contributed by atoms with Crippen LogP contribution in [0.3, 0.4) is 0 Å². The number of alkyl halides is 3. The van der Waals surface area contributed by atoms with Crippen molar-refractivity contribution in [1.82, 2.24) is 4.98 Å². The Kier molecular flexibility index (Phi) is 3.43. The number of halogens is 3. The predicted molar refractivity (Wildman–Crippen MR) is 70.7 cm³/mol. The fourth-order valence-corrected chi connectivity index (χ4v) is 2.79. The van der Waals surface area contributed by atoms with Crippen molar-refractivity contribution >= 4 is 17.4 Å². The van der Waals surface area contributed by atoms with Crippen LogP contribution in [0.2, 0.25) is 0 Å². The lowest BCUT2D eigenvalue weighted by Gasteiger charge is -2.12. The van der Waals surface area contributed by atoms with Crippen molar-refractivity contribution in [2.24, 2.45) is 11.0 Å². The first kappa shape index (κ1) is 14.0. The van der Waals surface area contributed by atoms with Crippen molar-refractivity contribution in [3.8, 4) is 0 Å². The van der Waals surface area contributed by atoms with Crippen LogP contribution in [-0.2, 0) is 11.0 Å². The van der Waals surface area contributed by atoms with Crippen LogP contribution in [0, 0.1) is 5.92 Å². The van der Waals surface area contributed by atoms with Crippen LogP contribution in [0.4, 0.5) is 19.0 Å². The molecule has 7 heteroatoms. The minimum atomic E-state index is -4.43. The highest BCUT2D eigenvalue weighted by atomic mass is 19.4. The molecule has 112 valence electrons. The van der Waals surface area contributed by atoms with Crippen LogP contribution >= 0.6 is 0 Å². The maximum atomic E-state index is 12.5. The Balaban J connectivity index is 1.81. The summed E-state index contributed by atoms with van der Waals surface area (Å²) in [5.74, 6) is 0.235. The fourth-order valence-electron chi connectivity index (χ4n) is 2.79. The molecule has 1 aromatic rings. The first-order valence-electron chi connectivity index (χ1n) is 6.89. The Hall–Kier alpha value is -1.92. The number of aromatic nitrogens is 1. The van der Waals surface area contributed by atoms with Crippen molar-refractivity contribution < 1.29 is 18.0 Å². The van der Waals surface area contributed by atoms with Crippen LogP contribution in [0.25, 0.3) is 0 Å². The van der Waals surface area contributed by atoms with Crippen LogP contribution in [0.5, 0.6) is 0 Å². The van der Waals surface area contributed by atoms with E-state index in [4.69, 9.17) is 0 Å². The molecule has 0 bridgehead atoms. The Morgan fingerprint density at radius 2 is 1.90 bits per heavy atom. The van der Waals surface area contributed by atoms with Gasteiger partial charge in [-0.2, -0.15) is 23.3 Å². The van der Waals surface area contributed by atoms with Crippen molar-refractivity contribution in [2.45, 2.75) is 38.3 Å². The molecule has 0 radical (unpaired) electrons. The lowest BCUT2D eigenvalue weighted by atomic mass is 10.00. The quantitative estimate of drug-likeness (QED) is 0.840. The molecule has 0 atom stereocenters. The fraction of sp³-hybridized carbons (Fsp3) is 0.500. The SMILES string of the molecule is O=C1CC(C2CCCC2)=NN1c1ccc(C(F)(F)F)cn1. The zero-order valence-corrected chi connectivity index (χ0v) is 11.2. The number of amides is 1. The molecule has 0 unspecified atom stereocenters. The van der Waals surface area contributed by atoms with Gasteiger partial charge in [-0.1, -0.05) is 12.8 Å². The van der Waals surface area contributed by atoms with Crippen LogP contribution in [0.15, 0.2) is 23.4 Å². The number of pyridine rings is 1. The van der Waals surface area contributed by atoms with E-state index in [0.717, 1.165) is 48.7 Å². The second-order valence-electron chi connectivity index (χ2n) is 5.36. The monoisotopic (exact) mass is 297 g/mol. The number of hydrogen-bond acceptors (Lipinski definition) is 3. The molecule has 1 amide bonds. The average Bonchev–Trinajstić information content (AvgIpc) is 3.07. The summed E-state index contributed by atoms with van der Waals surface area (Å²) in [7, 11) is 0. The number of rotatable bonds is 2. The van der Waals surface area contributed by atoms with Gasteiger partial charge < -0.3 is 0 Å². The summed E-state index contributed by atoms with van der Waals surface area (Å²) < 4.78 is 37.5. The number of hydrogen-bond donors (Lipinski definition) is 0. The Labute approximate surface area is 119 Å². The lowest BCUT2D eigenvalue weighted by molar-refractivity contribution is -0.137. The zero-order chi connectivity index (χ0) is 15.0. The molecule has 2 aliphatic rings. The second-order valence-corrected chi connectivity index (χ2v) is 5.36. The van der Waals surface area contributed by atoms with E-state index in [1.165, 1.54) is 6.07 Å². The van der Waals surface area contributed by atoms with E-state index < -0.39 is 11.7 Å². The number of carbonyl (C=O) groups excluding carboxylic acids is 1. The summed E-state index contributed by atoms with van der Waals surface area (Å²) in [6.45, 7) is 0. The normalized spacial score (nSPS) is 20.2. The molecular weight excluding hydrogens is 283 g/mol. The van der Waals surface area contributed by atoms with Crippen molar-refractivity contribution in [3.05, 3.63) is 23.9 Å². The summed E-state index contributed by atoms with van der Waals surface area (Å²) >= 11 is 0. The van der Waals surface area contributed by atoms with E-state index in [9.17, 15) is 18.0 Å². The van der Waals surface area contributed by atoms with E-state index in [-0.39, 0.29) is 18.1 Å². The van der Waals surface area contributed by atoms with E-state index in [1.54, 1.807) is 0 Å². The van der Waals surface area contributed by atoms with Gasteiger partial charge in [0.2, 0.25) is 0 Å². The third kappa shape index (κ3) is 2.77. The summed E-state index contributed by atoms with van der Waals surface area (Å²) in [5.41, 5.74) is -0.00269. The Morgan fingerprint density at radius 1 is 1.19 bits per heavy atom. The van der Waals surface area contributed by atoms with Gasteiger partial charge in [-0.05, 0) is 30.9 Å². The van der Waals surface area contributed by atoms with Gasteiger partial charge >= 0.3 is 6.18 Å². The van der Waals surface area contributed by atoms with Gasteiger partial charge in [0.1, 0.15) is 0 Å². The molecular formula is C14H14F3N3O. The standard InChI is InChI=1S/C14H14F3N3O/c15-14(16,17)10-5-6-12(18-8-10)20-13(21)7-11(19-20)9-3-1-2-4-9/h5-6,8-9H,1-4,7H2. The van der Waals surface area contributed by atoms with E-state index in [2.05, 4.69) is 10.1 Å². The van der Waals surface area contributed by atoms with Crippen LogP contribution in [0.1, 0.15) is 37.7 Å². The van der Waals surface area contributed by atoms with Crippen molar-refractivity contribution in [2.75, 3.05) is 5.01 Å². The van der Waals surface area contributed by atoms with Gasteiger partial charge in [0.25, 0.3) is 5.91 Å². The van der Waals surface area contributed by atoms with E-state index in [1.807, 2.05) is 0 Å². The molecule has 1 saturated carbocycles. The first-order valence-corrected chi connectivity index (χ1v) is 6.89. The maximum absolute atomic E-state index is 12.5. The second kappa shape index (κ2) is 5.13. The lowest BCUT2D eigenvalue weighted by Crippen LogP contribution is -2.21. The maximum Gasteiger partial charge on any atom is 0.417 e. The number of carbonyl (C=O) groups is 1. The summed E-state index contributed by atoms with van der Waals surface area (Å²) in [6, 6.07) is 2.10. The van der Waals surface area contributed by atoms with Gasteiger partial charge in [-0.25, -0.2) is 4.98 Å². The zero-order valence-electron chi connectivity index (χ0n) is 11.2. The minimum absolute atomic E-state index is 0.140. The smallest absolute Gasteiger partial charge is 0.272 e. The van der Waals surface area contributed by atoms with E-state index in [0.29, 0.717) is 5.92 Å². The van der Waals surface area contributed by atoms with Gasteiger partial charge in [-0.15, -0.1) is 0 Å². The number of hydrazone groups is 1. The van der Waals surface area contributed by atoms with Crippen molar-refractivity contribution in [1.29, 1.82) is 0 Å². The van der Waals surface area contributed by atoms with Gasteiger partial charge in [0, 0.05) is 6.20 Å². The van der Waals surface area contributed by atoms with E-state index >= 15 is 0 Å². The number of anilines is 1. The molecule has 2 heterocycles. The largest absolute Gasteiger partial charge is 0.417 e. The van der Waals surface area contributed by atoms with Gasteiger partial charge in [0.15, 0.2) is 5.82 Å².